The highest BCUT2D eigenvalue weighted by molar-refractivity contribution is 5.77. The fraction of sp³-hybridized carbons (Fsp3) is 0.565. The molecule has 0 radical (unpaired) electrons. The Morgan fingerprint density at radius 2 is 1.70 bits per heavy atom. The summed E-state index contributed by atoms with van der Waals surface area (Å²) in [6.07, 6.45) is 10.0. The first-order chi connectivity index (χ1) is 13.1. The van der Waals surface area contributed by atoms with Gasteiger partial charge in [-0.25, -0.2) is 4.98 Å². The Bertz CT molecular complexity index is 768. The molecular formula is C23H30N2O2. The molecule has 2 aliphatic carbocycles. The first-order valence-electron chi connectivity index (χ1n) is 10.4. The van der Waals surface area contributed by atoms with Crippen LogP contribution in [0.5, 0.6) is 0 Å². The van der Waals surface area contributed by atoms with E-state index in [9.17, 15) is 4.79 Å². The van der Waals surface area contributed by atoms with Crippen LogP contribution in [0.1, 0.15) is 63.3 Å². The van der Waals surface area contributed by atoms with Crippen LogP contribution in [0.2, 0.25) is 0 Å². The van der Waals surface area contributed by atoms with Crippen LogP contribution in [0.15, 0.2) is 34.9 Å². The molecule has 2 aromatic rings. The number of carbonyl (C=O) groups is 1. The molecule has 4 rings (SSSR count). The van der Waals surface area contributed by atoms with Crippen LogP contribution >= 0.6 is 0 Å². The topological polar surface area (TPSA) is 46.3 Å². The van der Waals surface area contributed by atoms with E-state index in [4.69, 9.17) is 4.42 Å². The van der Waals surface area contributed by atoms with E-state index in [2.05, 4.69) is 35.9 Å². The molecular weight excluding hydrogens is 336 g/mol. The second-order valence-electron chi connectivity index (χ2n) is 8.43. The summed E-state index contributed by atoms with van der Waals surface area (Å²) in [6.45, 7) is 4.40. The SMILES string of the molecule is Cc1ccc(-c2cnc(CCC(=O)N(C3CCC(C)CC3)C3CC3)o2)cc1. The minimum atomic E-state index is 0.284. The number of amides is 1. The van der Waals surface area contributed by atoms with Gasteiger partial charge in [-0.2, -0.15) is 0 Å². The van der Waals surface area contributed by atoms with Gasteiger partial charge in [-0.3, -0.25) is 4.79 Å². The molecule has 0 saturated heterocycles. The van der Waals surface area contributed by atoms with Gasteiger partial charge >= 0.3 is 0 Å². The predicted octanol–water partition coefficient (Wildman–Crippen LogP) is 5.15. The molecule has 1 aromatic heterocycles. The summed E-state index contributed by atoms with van der Waals surface area (Å²) in [5, 5.41) is 0. The molecule has 0 spiro atoms. The lowest BCUT2D eigenvalue weighted by Gasteiger charge is -2.36. The van der Waals surface area contributed by atoms with Crippen molar-refractivity contribution < 1.29 is 9.21 Å². The molecule has 0 unspecified atom stereocenters. The van der Waals surface area contributed by atoms with Gasteiger partial charge in [0.05, 0.1) is 6.20 Å². The molecule has 144 valence electrons. The van der Waals surface area contributed by atoms with Gasteiger partial charge in [0.2, 0.25) is 5.91 Å². The summed E-state index contributed by atoms with van der Waals surface area (Å²) in [7, 11) is 0. The standard InChI is InChI=1S/C23H30N2O2/c1-16-3-7-18(8-4-16)21-15-24-22(27-21)13-14-23(26)25(20-11-12-20)19-9-5-17(2)6-10-19/h3-4,7-8,15,17,19-20H,5-6,9-14H2,1-2H3. The third kappa shape index (κ3) is 4.42. The second kappa shape index (κ2) is 7.87. The fourth-order valence-electron chi connectivity index (χ4n) is 4.20. The average molecular weight is 367 g/mol. The smallest absolute Gasteiger partial charge is 0.223 e. The molecule has 2 aliphatic rings. The summed E-state index contributed by atoms with van der Waals surface area (Å²) >= 11 is 0. The highest BCUT2D eigenvalue weighted by Crippen LogP contribution is 2.35. The maximum Gasteiger partial charge on any atom is 0.223 e. The molecule has 4 heteroatoms. The third-order valence-electron chi connectivity index (χ3n) is 6.05. The number of benzene rings is 1. The van der Waals surface area contributed by atoms with Crippen molar-refractivity contribution in [2.24, 2.45) is 5.92 Å². The molecule has 2 fully saturated rings. The van der Waals surface area contributed by atoms with Crippen LogP contribution in [0.3, 0.4) is 0 Å². The summed E-state index contributed by atoms with van der Waals surface area (Å²) in [4.78, 5) is 19.6. The minimum absolute atomic E-state index is 0.284. The van der Waals surface area contributed by atoms with Gasteiger partial charge in [0.1, 0.15) is 0 Å². The average Bonchev–Trinajstić information content (AvgIpc) is 3.39. The number of carbonyl (C=O) groups excluding carboxylic acids is 1. The lowest BCUT2D eigenvalue weighted by Crippen LogP contribution is -2.43. The van der Waals surface area contributed by atoms with E-state index in [1.54, 1.807) is 6.20 Å². The van der Waals surface area contributed by atoms with Crippen LogP contribution in [-0.2, 0) is 11.2 Å². The molecule has 0 N–H and O–H groups in total. The Labute approximate surface area is 162 Å². The quantitative estimate of drug-likeness (QED) is 0.710. The van der Waals surface area contributed by atoms with Crippen LogP contribution in [0.4, 0.5) is 0 Å². The largest absolute Gasteiger partial charge is 0.441 e. The Balaban J connectivity index is 1.36. The molecule has 0 aliphatic heterocycles. The number of aryl methyl sites for hydroxylation is 2. The Hall–Kier alpha value is -2.10. The zero-order chi connectivity index (χ0) is 18.8. The second-order valence-corrected chi connectivity index (χ2v) is 8.43. The van der Waals surface area contributed by atoms with Gasteiger partial charge in [0, 0.05) is 30.5 Å². The number of hydrogen-bond donors (Lipinski definition) is 0. The lowest BCUT2D eigenvalue weighted by atomic mass is 9.86. The van der Waals surface area contributed by atoms with Crippen molar-refractivity contribution in [3.8, 4) is 11.3 Å². The molecule has 2 saturated carbocycles. The van der Waals surface area contributed by atoms with Crippen molar-refractivity contribution in [3.63, 3.8) is 0 Å². The van der Waals surface area contributed by atoms with Crippen molar-refractivity contribution in [2.75, 3.05) is 0 Å². The van der Waals surface area contributed by atoms with Gasteiger partial charge in [-0.05, 0) is 51.4 Å². The normalized spacial score (nSPS) is 22.6. The summed E-state index contributed by atoms with van der Waals surface area (Å²) in [5.41, 5.74) is 2.25. The van der Waals surface area contributed by atoms with Gasteiger partial charge in [-0.15, -0.1) is 0 Å². The zero-order valence-electron chi connectivity index (χ0n) is 16.5. The molecule has 1 heterocycles. The minimum Gasteiger partial charge on any atom is -0.441 e. The highest BCUT2D eigenvalue weighted by Gasteiger charge is 2.38. The zero-order valence-corrected chi connectivity index (χ0v) is 16.5. The molecule has 0 atom stereocenters. The molecule has 27 heavy (non-hydrogen) atoms. The Morgan fingerprint density at radius 3 is 2.33 bits per heavy atom. The maximum absolute atomic E-state index is 12.9. The van der Waals surface area contributed by atoms with E-state index in [0.717, 1.165) is 17.2 Å². The van der Waals surface area contributed by atoms with Crippen molar-refractivity contribution in [1.29, 1.82) is 0 Å². The third-order valence-corrected chi connectivity index (χ3v) is 6.05. The van der Waals surface area contributed by atoms with Gasteiger partial charge in [0.25, 0.3) is 0 Å². The van der Waals surface area contributed by atoms with E-state index >= 15 is 0 Å². The van der Waals surface area contributed by atoms with Crippen molar-refractivity contribution in [3.05, 3.63) is 41.9 Å². The van der Waals surface area contributed by atoms with E-state index in [-0.39, 0.29) is 5.91 Å². The maximum atomic E-state index is 12.9. The number of hydrogen-bond acceptors (Lipinski definition) is 3. The molecule has 1 aromatic carbocycles. The van der Waals surface area contributed by atoms with E-state index in [1.165, 1.54) is 44.1 Å². The predicted molar refractivity (Wildman–Crippen MR) is 106 cm³/mol. The van der Waals surface area contributed by atoms with Gasteiger partial charge in [-0.1, -0.05) is 36.8 Å². The Morgan fingerprint density at radius 1 is 1.07 bits per heavy atom. The molecule has 1 amide bonds. The Kier molecular flexibility index (Phi) is 5.33. The molecule has 4 nitrogen and oxygen atoms in total. The monoisotopic (exact) mass is 366 g/mol. The van der Waals surface area contributed by atoms with Crippen molar-refractivity contribution in [1.82, 2.24) is 9.88 Å². The van der Waals surface area contributed by atoms with Gasteiger partial charge in [0.15, 0.2) is 11.7 Å². The van der Waals surface area contributed by atoms with Crippen LogP contribution in [-0.4, -0.2) is 27.9 Å². The number of nitrogens with zero attached hydrogens (tertiary/aromatic N) is 2. The number of oxazole rings is 1. The first kappa shape index (κ1) is 18.3. The molecule has 0 bridgehead atoms. The van der Waals surface area contributed by atoms with Crippen molar-refractivity contribution in [2.45, 2.75) is 77.3 Å². The summed E-state index contributed by atoms with van der Waals surface area (Å²) in [6, 6.07) is 9.17. The highest BCUT2D eigenvalue weighted by atomic mass is 16.4. The summed E-state index contributed by atoms with van der Waals surface area (Å²) in [5.74, 6) is 2.53. The van der Waals surface area contributed by atoms with E-state index in [1.807, 2.05) is 12.1 Å². The van der Waals surface area contributed by atoms with Crippen molar-refractivity contribution >= 4 is 5.91 Å². The summed E-state index contributed by atoms with van der Waals surface area (Å²) < 4.78 is 5.89. The van der Waals surface area contributed by atoms with Gasteiger partial charge < -0.3 is 9.32 Å². The van der Waals surface area contributed by atoms with E-state index < -0.39 is 0 Å². The number of aromatic nitrogens is 1. The van der Waals surface area contributed by atoms with E-state index in [0.29, 0.717) is 30.8 Å². The van der Waals surface area contributed by atoms with Crippen LogP contribution in [0, 0.1) is 12.8 Å². The van der Waals surface area contributed by atoms with Crippen LogP contribution in [0.25, 0.3) is 11.3 Å². The lowest BCUT2D eigenvalue weighted by molar-refractivity contribution is -0.135. The first-order valence-corrected chi connectivity index (χ1v) is 10.4. The fourth-order valence-corrected chi connectivity index (χ4v) is 4.20. The van der Waals surface area contributed by atoms with Crippen LogP contribution < -0.4 is 0 Å². The number of rotatable bonds is 6.